The summed E-state index contributed by atoms with van der Waals surface area (Å²) < 4.78 is 18.9. The van der Waals surface area contributed by atoms with E-state index in [0.29, 0.717) is 25.3 Å². The van der Waals surface area contributed by atoms with Gasteiger partial charge in [-0.2, -0.15) is 0 Å². The summed E-state index contributed by atoms with van der Waals surface area (Å²) in [6.07, 6.45) is 1.40. The fourth-order valence-corrected chi connectivity index (χ4v) is 1.43. The number of benzene rings is 1. The van der Waals surface area contributed by atoms with Gasteiger partial charge < -0.3 is 15.2 Å². The van der Waals surface area contributed by atoms with Gasteiger partial charge in [-0.15, -0.1) is 0 Å². The lowest BCUT2D eigenvalue weighted by molar-refractivity contribution is 0.247. The fourth-order valence-electron chi connectivity index (χ4n) is 1.43. The number of unbranched alkanes of at least 4 members (excludes halogenated alkanes) is 1. The molecule has 0 aromatic heterocycles. The Bertz CT molecular complexity index is 318. The molecule has 2 N–H and O–H groups in total. The van der Waals surface area contributed by atoms with Crippen LogP contribution in [0.1, 0.15) is 18.4 Å². The second-order valence-electron chi connectivity index (χ2n) is 3.54. The van der Waals surface area contributed by atoms with Crippen LogP contribution < -0.4 is 10.1 Å². The van der Waals surface area contributed by atoms with Crippen LogP contribution in [0.3, 0.4) is 0 Å². The molecule has 1 aromatic carbocycles. The molecule has 1 rings (SSSR count). The number of ether oxygens (including phenoxy) is 1. The van der Waals surface area contributed by atoms with E-state index in [1.165, 1.54) is 6.07 Å². The second-order valence-corrected chi connectivity index (χ2v) is 3.54. The minimum Gasteiger partial charge on any atom is -0.490 e. The molecule has 0 fully saturated rings. The third kappa shape index (κ3) is 3.79. The molecule has 0 radical (unpaired) electrons. The molecule has 0 amide bonds. The molecule has 0 unspecified atom stereocenters. The van der Waals surface area contributed by atoms with Gasteiger partial charge in [0.25, 0.3) is 0 Å². The lowest BCUT2D eigenvalue weighted by Crippen LogP contribution is -2.09. The normalized spacial score (nSPS) is 10.4. The van der Waals surface area contributed by atoms with Gasteiger partial charge in [0.05, 0.1) is 6.61 Å². The van der Waals surface area contributed by atoms with E-state index in [4.69, 9.17) is 9.84 Å². The molecular weight excluding hydrogens is 209 g/mol. The van der Waals surface area contributed by atoms with Crippen molar-refractivity contribution in [2.24, 2.45) is 0 Å². The third-order valence-electron chi connectivity index (χ3n) is 2.21. The van der Waals surface area contributed by atoms with Gasteiger partial charge in [-0.1, -0.05) is 12.1 Å². The van der Waals surface area contributed by atoms with Crippen LogP contribution in [0.5, 0.6) is 5.75 Å². The van der Waals surface area contributed by atoms with Gasteiger partial charge in [-0.05, 0) is 26.0 Å². The summed E-state index contributed by atoms with van der Waals surface area (Å²) >= 11 is 0. The number of hydrogen-bond donors (Lipinski definition) is 2. The number of hydrogen-bond acceptors (Lipinski definition) is 3. The summed E-state index contributed by atoms with van der Waals surface area (Å²) in [5, 5.41) is 11.6. The van der Waals surface area contributed by atoms with E-state index in [1.54, 1.807) is 13.1 Å². The van der Waals surface area contributed by atoms with Crippen molar-refractivity contribution < 1.29 is 14.2 Å². The minimum atomic E-state index is -0.336. The smallest absolute Gasteiger partial charge is 0.165 e. The molecule has 0 aliphatic carbocycles. The minimum absolute atomic E-state index is 0.143. The molecule has 0 aliphatic heterocycles. The van der Waals surface area contributed by atoms with Crippen molar-refractivity contribution in [2.45, 2.75) is 19.4 Å². The summed E-state index contributed by atoms with van der Waals surface area (Å²) in [6, 6.07) is 4.89. The summed E-state index contributed by atoms with van der Waals surface area (Å²) in [5.41, 5.74) is 0.812. The summed E-state index contributed by atoms with van der Waals surface area (Å²) in [4.78, 5) is 0. The van der Waals surface area contributed by atoms with Crippen LogP contribution in [-0.4, -0.2) is 25.4 Å². The maximum Gasteiger partial charge on any atom is 0.165 e. The largest absolute Gasteiger partial charge is 0.490 e. The van der Waals surface area contributed by atoms with E-state index < -0.39 is 0 Å². The van der Waals surface area contributed by atoms with Crippen LogP contribution in [0.4, 0.5) is 4.39 Å². The Morgan fingerprint density at radius 2 is 2.19 bits per heavy atom. The number of rotatable bonds is 7. The molecular formula is C12H18FNO2. The maximum atomic E-state index is 13.5. The standard InChI is InChI=1S/C12H18FNO2/c1-14-9-10-5-4-6-11(13)12(10)16-8-3-2-7-15/h4-6,14-15H,2-3,7-9H2,1H3. The van der Waals surface area contributed by atoms with E-state index in [9.17, 15) is 4.39 Å². The molecule has 0 aliphatic rings. The van der Waals surface area contributed by atoms with Crippen molar-refractivity contribution >= 4 is 0 Å². The lowest BCUT2D eigenvalue weighted by Gasteiger charge is -2.11. The zero-order chi connectivity index (χ0) is 11.8. The van der Waals surface area contributed by atoms with Gasteiger partial charge in [-0.3, -0.25) is 0 Å². The van der Waals surface area contributed by atoms with Crippen molar-refractivity contribution in [2.75, 3.05) is 20.3 Å². The van der Waals surface area contributed by atoms with Gasteiger partial charge in [0, 0.05) is 18.7 Å². The lowest BCUT2D eigenvalue weighted by atomic mass is 10.2. The van der Waals surface area contributed by atoms with Crippen molar-refractivity contribution in [3.63, 3.8) is 0 Å². The summed E-state index contributed by atoms with van der Waals surface area (Å²) in [6.45, 7) is 1.15. The van der Waals surface area contributed by atoms with Crippen LogP contribution >= 0.6 is 0 Å². The molecule has 0 saturated heterocycles. The molecule has 0 bridgehead atoms. The maximum absolute atomic E-state index is 13.5. The number of aliphatic hydroxyl groups excluding tert-OH is 1. The topological polar surface area (TPSA) is 41.5 Å². The molecule has 16 heavy (non-hydrogen) atoms. The van der Waals surface area contributed by atoms with Crippen LogP contribution in [0.2, 0.25) is 0 Å². The van der Waals surface area contributed by atoms with Crippen molar-refractivity contribution in [1.82, 2.24) is 5.32 Å². The van der Waals surface area contributed by atoms with Crippen molar-refractivity contribution in [1.29, 1.82) is 0 Å². The summed E-state index contributed by atoms with van der Waals surface area (Å²) in [7, 11) is 1.81. The Morgan fingerprint density at radius 3 is 2.88 bits per heavy atom. The molecule has 3 nitrogen and oxygen atoms in total. The zero-order valence-electron chi connectivity index (χ0n) is 9.50. The monoisotopic (exact) mass is 227 g/mol. The quantitative estimate of drug-likeness (QED) is 0.697. The predicted molar refractivity (Wildman–Crippen MR) is 61.0 cm³/mol. The third-order valence-corrected chi connectivity index (χ3v) is 2.21. The first-order chi connectivity index (χ1) is 7.79. The van der Waals surface area contributed by atoms with Crippen molar-refractivity contribution in [3.05, 3.63) is 29.6 Å². The first-order valence-electron chi connectivity index (χ1n) is 5.45. The average molecular weight is 227 g/mol. The molecule has 4 heteroatoms. The van der Waals surface area contributed by atoms with Gasteiger partial charge >= 0.3 is 0 Å². The highest BCUT2D eigenvalue weighted by molar-refractivity contribution is 5.34. The number of aliphatic hydroxyl groups is 1. The van der Waals surface area contributed by atoms with E-state index in [1.807, 2.05) is 6.07 Å². The van der Waals surface area contributed by atoms with Crippen LogP contribution in [-0.2, 0) is 6.54 Å². The zero-order valence-corrected chi connectivity index (χ0v) is 9.50. The first-order valence-corrected chi connectivity index (χ1v) is 5.45. The first kappa shape index (κ1) is 12.9. The van der Waals surface area contributed by atoms with E-state index in [2.05, 4.69) is 5.32 Å². The Morgan fingerprint density at radius 1 is 1.38 bits per heavy atom. The van der Waals surface area contributed by atoms with Gasteiger partial charge in [0.1, 0.15) is 0 Å². The highest BCUT2D eigenvalue weighted by Gasteiger charge is 2.08. The van der Waals surface area contributed by atoms with E-state index in [0.717, 1.165) is 12.0 Å². The van der Waals surface area contributed by atoms with Crippen LogP contribution in [0.15, 0.2) is 18.2 Å². The number of halogens is 1. The van der Waals surface area contributed by atoms with Gasteiger partial charge in [0.2, 0.25) is 0 Å². The van der Waals surface area contributed by atoms with Crippen molar-refractivity contribution in [3.8, 4) is 5.75 Å². The SMILES string of the molecule is CNCc1cccc(F)c1OCCCCO. The van der Waals surface area contributed by atoms with E-state index >= 15 is 0 Å². The fraction of sp³-hybridized carbons (Fsp3) is 0.500. The average Bonchev–Trinajstić information content (AvgIpc) is 2.28. The van der Waals surface area contributed by atoms with E-state index in [-0.39, 0.29) is 12.4 Å². The van der Waals surface area contributed by atoms with Gasteiger partial charge in [0.15, 0.2) is 11.6 Å². The second kappa shape index (κ2) is 7.19. The Hall–Kier alpha value is -1.13. The highest BCUT2D eigenvalue weighted by Crippen LogP contribution is 2.22. The predicted octanol–water partition coefficient (Wildman–Crippen LogP) is 1.70. The van der Waals surface area contributed by atoms with Gasteiger partial charge in [-0.25, -0.2) is 4.39 Å². The number of para-hydroxylation sites is 1. The Kier molecular flexibility index (Phi) is 5.82. The molecule has 1 aromatic rings. The Labute approximate surface area is 95.2 Å². The van der Waals surface area contributed by atoms with Crippen LogP contribution in [0, 0.1) is 5.82 Å². The number of nitrogens with one attached hydrogen (secondary N) is 1. The summed E-state index contributed by atoms with van der Waals surface area (Å²) in [5.74, 6) is -0.0217. The molecule has 0 saturated carbocycles. The molecule has 0 spiro atoms. The molecule has 0 atom stereocenters. The Balaban J connectivity index is 2.61. The molecule has 90 valence electrons. The molecule has 0 heterocycles. The highest BCUT2D eigenvalue weighted by atomic mass is 19.1. The van der Waals surface area contributed by atoms with Crippen LogP contribution in [0.25, 0.3) is 0 Å².